The van der Waals surface area contributed by atoms with Crippen LogP contribution in [0.5, 0.6) is 5.75 Å². The van der Waals surface area contributed by atoms with Crippen LogP contribution in [0.1, 0.15) is 32.3 Å². The Balaban J connectivity index is 3.02. The topological polar surface area (TPSA) is 234 Å². The van der Waals surface area contributed by atoms with Gasteiger partial charge in [0, 0.05) is 6.42 Å². The van der Waals surface area contributed by atoms with E-state index in [1.165, 1.54) is 24.3 Å². The van der Waals surface area contributed by atoms with Crippen molar-refractivity contribution in [3.8, 4) is 5.75 Å². The summed E-state index contributed by atoms with van der Waals surface area (Å²) < 4.78 is 0. The van der Waals surface area contributed by atoms with Gasteiger partial charge in [0.2, 0.25) is 23.6 Å². The molecule has 0 fully saturated rings. The van der Waals surface area contributed by atoms with Crippen molar-refractivity contribution < 1.29 is 39.3 Å². The van der Waals surface area contributed by atoms with E-state index >= 15 is 0 Å². The number of primary amides is 1. The van der Waals surface area contributed by atoms with Crippen molar-refractivity contribution in [3.05, 3.63) is 29.8 Å². The maximum absolute atomic E-state index is 12.9. The van der Waals surface area contributed by atoms with Gasteiger partial charge < -0.3 is 42.7 Å². The summed E-state index contributed by atoms with van der Waals surface area (Å²) in [6.45, 7) is 2.85. The van der Waals surface area contributed by atoms with Crippen LogP contribution in [0.15, 0.2) is 24.3 Å². The number of aliphatic carboxylic acids is 1. The highest BCUT2D eigenvalue weighted by Gasteiger charge is 2.31. The van der Waals surface area contributed by atoms with Gasteiger partial charge in [0.15, 0.2) is 0 Å². The van der Waals surface area contributed by atoms with Gasteiger partial charge in [-0.15, -0.1) is 0 Å². The summed E-state index contributed by atoms with van der Waals surface area (Å²) in [6.07, 6.45) is -0.552. The SMILES string of the molecule is CC(C)CC(NC(=O)C(CC(N)=O)NC(=O)C(N)CO)C(=O)NC(Cc1ccc(O)cc1)C(=O)O. The second kappa shape index (κ2) is 13.9. The fraction of sp³-hybridized carbons (Fsp3) is 0.500. The largest absolute Gasteiger partial charge is 0.508 e. The molecule has 0 aliphatic heterocycles. The van der Waals surface area contributed by atoms with E-state index in [9.17, 15) is 34.2 Å². The van der Waals surface area contributed by atoms with Gasteiger partial charge in [-0.2, -0.15) is 0 Å². The molecule has 1 rings (SSSR count). The molecule has 0 radical (unpaired) electrons. The van der Waals surface area contributed by atoms with Crippen LogP contribution in [0.2, 0.25) is 0 Å². The maximum Gasteiger partial charge on any atom is 0.326 e. The number of phenolic OH excluding ortho intramolecular Hbond substituents is 1. The van der Waals surface area contributed by atoms with Crippen molar-refractivity contribution in [1.82, 2.24) is 16.0 Å². The number of benzene rings is 1. The minimum atomic E-state index is -1.47. The summed E-state index contributed by atoms with van der Waals surface area (Å²) in [4.78, 5) is 60.9. The van der Waals surface area contributed by atoms with Gasteiger partial charge in [-0.05, 0) is 30.0 Å². The third-order valence-corrected chi connectivity index (χ3v) is 4.90. The van der Waals surface area contributed by atoms with Crippen LogP contribution >= 0.6 is 0 Å². The molecule has 13 heteroatoms. The van der Waals surface area contributed by atoms with Crippen molar-refractivity contribution in [2.24, 2.45) is 17.4 Å². The molecule has 13 nitrogen and oxygen atoms in total. The zero-order chi connectivity index (χ0) is 26.7. The molecule has 0 bridgehead atoms. The van der Waals surface area contributed by atoms with E-state index in [4.69, 9.17) is 16.6 Å². The van der Waals surface area contributed by atoms with Crippen molar-refractivity contribution >= 4 is 29.6 Å². The minimum absolute atomic E-state index is 0.00178. The lowest BCUT2D eigenvalue weighted by atomic mass is 10.0. The maximum atomic E-state index is 12.9. The summed E-state index contributed by atoms with van der Waals surface area (Å²) >= 11 is 0. The molecule has 0 aliphatic carbocycles. The first-order valence-electron chi connectivity index (χ1n) is 10.9. The van der Waals surface area contributed by atoms with Crippen LogP contribution < -0.4 is 27.4 Å². The number of amides is 4. The summed E-state index contributed by atoms with van der Waals surface area (Å²) in [6, 6.07) is 0.459. The molecular formula is C22H33N5O8. The number of phenols is 1. The highest BCUT2D eigenvalue weighted by atomic mass is 16.4. The Morgan fingerprint density at radius 1 is 0.886 bits per heavy atom. The quantitative estimate of drug-likeness (QED) is 0.138. The fourth-order valence-electron chi connectivity index (χ4n) is 3.09. The molecule has 35 heavy (non-hydrogen) atoms. The Labute approximate surface area is 202 Å². The second-order valence-electron chi connectivity index (χ2n) is 8.48. The third-order valence-electron chi connectivity index (χ3n) is 4.90. The molecule has 194 valence electrons. The zero-order valence-corrected chi connectivity index (χ0v) is 19.6. The van der Waals surface area contributed by atoms with Gasteiger partial charge in [0.05, 0.1) is 13.0 Å². The van der Waals surface area contributed by atoms with Crippen molar-refractivity contribution in [1.29, 1.82) is 0 Å². The monoisotopic (exact) mass is 495 g/mol. The average Bonchev–Trinajstić information content (AvgIpc) is 2.77. The van der Waals surface area contributed by atoms with Crippen LogP contribution in [-0.4, -0.2) is 75.7 Å². The molecule has 0 spiro atoms. The lowest BCUT2D eigenvalue weighted by Crippen LogP contribution is -2.58. The number of carbonyl (C=O) groups is 5. The van der Waals surface area contributed by atoms with Crippen LogP contribution in [0.4, 0.5) is 0 Å². The summed E-state index contributed by atoms with van der Waals surface area (Å²) in [7, 11) is 0. The Kier molecular flexibility index (Phi) is 11.6. The first kappa shape index (κ1) is 29.3. The van der Waals surface area contributed by atoms with Gasteiger partial charge in [-0.1, -0.05) is 26.0 Å². The summed E-state index contributed by atoms with van der Waals surface area (Å²) in [5.74, 6) is -4.91. The van der Waals surface area contributed by atoms with Crippen molar-refractivity contribution in [2.45, 2.75) is 57.3 Å². The van der Waals surface area contributed by atoms with Gasteiger partial charge >= 0.3 is 5.97 Å². The average molecular weight is 496 g/mol. The third kappa shape index (κ3) is 10.4. The van der Waals surface area contributed by atoms with E-state index in [-0.39, 0.29) is 24.5 Å². The molecule has 0 saturated heterocycles. The number of aromatic hydroxyl groups is 1. The first-order valence-corrected chi connectivity index (χ1v) is 10.9. The predicted octanol–water partition coefficient (Wildman–Crippen LogP) is -2.29. The van der Waals surface area contributed by atoms with E-state index in [1.807, 2.05) is 0 Å². The number of aliphatic hydroxyl groups excluding tert-OH is 1. The minimum Gasteiger partial charge on any atom is -0.508 e. The molecule has 10 N–H and O–H groups in total. The van der Waals surface area contributed by atoms with Gasteiger partial charge in [-0.3, -0.25) is 19.2 Å². The molecule has 0 saturated carbocycles. The second-order valence-corrected chi connectivity index (χ2v) is 8.48. The molecule has 4 amide bonds. The van der Waals surface area contributed by atoms with Crippen LogP contribution in [0.25, 0.3) is 0 Å². The first-order chi connectivity index (χ1) is 16.3. The fourth-order valence-corrected chi connectivity index (χ4v) is 3.09. The Bertz CT molecular complexity index is 906. The normalized spacial score (nSPS) is 14.3. The Morgan fingerprint density at radius 3 is 1.89 bits per heavy atom. The number of hydrogen-bond acceptors (Lipinski definition) is 8. The van der Waals surface area contributed by atoms with Crippen molar-refractivity contribution in [3.63, 3.8) is 0 Å². The van der Waals surface area contributed by atoms with E-state index in [0.717, 1.165) is 0 Å². The molecule has 0 heterocycles. The number of carboxylic acid groups (broad SMARTS) is 1. The number of hydrogen-bond donors (Lipinski definition) is 8. The Morgan fingerprint density at radius 2 is 1.40 bits per heavy atom. The molecular weight excluding hydrogens is 462 g/mol. The molecule has 4 atom stereocenters. The van der Waals surface area contributed by atoms with Crippen LogP contribution in [-0.2, 0) is 30.4 Å². The van der Waals surface area contributed by atoms with Crippen LogP contribution in [0.3, 0.4) is 0 Å². The smallest absolute Gasteiger partial charge is 0.326 e. The number of carboxylic acids is 1. The number of aliphatic hydroxyl groups is 1. The zero-order valence-electron chi connectivity index (χ0n) is 19.6. The highest BCUT2D eigenvalue weighted by molar-refractivity contribution is 5.96. The van der Waals surface area contributed by atoms with Crippen molar-refractivity contribution in [2.75, 3.05) is 6.61 Å². The van der Waals surface area contributed by atoms with Crippen LogP contribution in [0, 0.1) is 5.92 Å². The van der Waals surface area contributed by atoms with Gasteiger partial charge in [0.1, 0.15) is 29.9 Å². The molecule has 0 aromatic heterocycles. The lowest BCUT2D eigenvalue weighted by Gasteiger charge is -2.25. The van der Waals surface area contributed by atoms with E-state index < -0.39 is 66.8 Å². The number of nitrogens with one attached hydrogen (secondary N) is 3. The molecule has 0 aliphatic rings. The number of nitrogens with two attached hydrogens (primary N) is 2. The van der Waals surface area contributed by atoms with Gasteiger partial charge in [0.25, 0.3) is 0 Å². The van der Waals surface area contributed by atoms with E-state index in [1.54, 1.807) is 13.8 Å². The molecule has 1 aromatic rings. The predicted molar refractivity (Wildman–Crippen MR) is 124 cm³/mol. The molecule has 1 aromatic carbocycles. The highest BCUT2D eigenvalue weighted by Crippen LogP contribution is 2.12. The van der Waals surface area contributed by atoms with Gasteiger partial charge in [-0.25, -0.2) is 4.79 Å². The Hall–Kier alpha value is -3.71. The van der Waals surface area contributed by atoms with E-state index in [2.05, 4.69) is 16.0 Å². The lowest BCUT2D eigenvalue weighted by molar-refractivity contribution is -0.142. The summed E-state index contributed by atoms with van der Waals surface area (Å²) in [5.41, 5.74) is 11.1. The standard InChI is InChI=1S/C22H33N5O8/c1-11(2)7-15(26-21(33)16(9-18(24)30)25-19(31)14(23)10-28)20(32)27-17(22(34)35)8-12-3-5-13(29)6-4-12/h3-6,11,14-17,28-29H,7-10,23H2,1-2H3,(H2,24,30)(H,25,31)(H,26,33)(H,27,32)(H,34,35). The van der Waals surface area contributed by atoms with E-state index in [0.29, 0.717) is 5.56 Å². The number of carbonyl (C=O) groups excluding carboxylic acids is 4. The number of rotatable bonds is 14. The summed E-state index contributed by atoms with van der Waals surface area (Å²) in [5, 5.41) is 35.0. The molecule has 4 unspecified atom stereocenters.